The third-order valence-corrected chi connectivity index (χ3v) is 2.56. The monoisotopic (exact) mass is 249 g/mol. The van der Waals surface area contributed by atoms with Crippen molar-refractivity contribution in [2.75, 3.05) is 5.32 Å². The maximum atomic E-state index is 4.40. The van der Waals surface area contributed by atoms with Gasteiger partial charge in [0.05, 0.1) is 17.6 Å². The summed E-state index contributed by atoms with van der Waals surface area (Å²) in [5, 5.41) is 3.09. The summed E-state index contributed by atoms with van der Waals surface area (Å²) in [5.41, 5.74) is 2.79. The van der Waals surface area contributed by atoms with Crippen LogP contribution in [0.2, 0.25) is 0 Å². The molecule has 1 N–H and O–H groups in total. The minimum absolute atomic E-state index is 0.556. The molecule has 5 nitrogen and oxygen atoms in total. The van der Waals surface area contributed by atoms with E-state index in [0.717, 1.165) is 16.9 Å². The second-order valence-electron chi connectivity index (χ2n) is 3.87. The van der Waals surface area contributed by atoms with Crippen LogP contribution in [0.15, 0.2) is 61.3 Å². The van der Waals surface area contributed by atoms with Crippen molar-refractivity contribution >= 4 is 11.6 Å². The highest BCUT2D eigenvalue weighted by Gasteiger charge is 2.00. The molecule has 3 aromatic heterocycles. The van der Waals surface area contributed by atoms with Crippen molar-refractivity contribution in [3.63, 3.8) is 0 Å². The van der Waals surface area contributed by atoms with Crippen LogP contribution >= 0.6 is 0 Å². The molecule has 0 atom stereocenters. The number of pyridine rings is 2. The minimum atomic E-state index is 0.556. The Bertz CT molecular complexity index is 638. The van der Waals surface area contributed by atoms with Gasteiger partial charge >= 0.3 is 0 Å². The Morgan fingerprint density at radius 3 is 2.26 bits per heavy atom. The topological polar surface area (TPSA) is 63.6 Å². The Morgan fingerprint density at radius 2 is 1.58 bits per heavy atom. The fourth-order valence-electron chi connectivity index (χ4n) is 1.65. The van der Waals surface area contributed by atoms with Gasteiger partial charge in [-0.2, -0.15) is 0 Å². The van der Waals surface area contributed by atoms with Gasteiger partial charge in [0.1, 0.15) is 0 Å². The molecule has 0 spiro atoms. The van der Waals surface area contributed by atoms with Crippen molar-refractivity contribution in [1.29, 1.82) is 0 Å². The smallest absolute Gasteiger partial charge is 0.227 e. The van der Waals surface area contributed by atoms with E-state index < -0.39 is 0 Å². The number of nitrogens with one attached hydrogen (secondary N) is 1. The molecule has 3 aromatic rings. The maximum absolute atomic E-state index is 4.40. The number of aromatic nitrogens is 4. The van der Waals surface area contributed by atoms with Crippen LogP contribution in [0.3, 0.4) is 0 Å². The van der Waals surface area contributed by atoms with E-state index in [2.05, 4.69) is 25.3 Å². The summed E-state index contributed by atoms with van der Waals surface area (Å²) in [5.74, 6) is 0.556. The predicted molar refractivity (Wildman–Crippen MR) is 72.8 cm³/mol. The highest BCUT2D eigenvalue weighted by Crippen LogP contribution is 2.18. The molecule has 92 valence electrons. The number of anilines is 2. The molecule has 0 unspecified atom stereocenters. The second kappa shape index (κ2) is 5.22. The van der Waals surface area contributed by atoms with E-state index in [4.69, 9.17) is 0 Å². The van der Waals surface area contributed by atoms with E-state index in [9.17, 15) is 0 Å². The Hall–Kier alpha value is -2.82. The molecule has 3 rings (SSSR count). The molecule has 19 heavy (non-hydrogen) atoms. The Kier molecular flexibility index (Phi) is 3.10. The lowest BCUT2D eigenvalue weighted by Gasteiger charge is -2.05. The predicted octanol–water partition coefficient (Wildman–Crippen LogP) is 2.68. The summed E-state index contributed by atoms with van der Waals surface area (Å²) >= 11 is 0. The zero-order valence-corrected chi connectivity index (χ0v) is 10.1. The van der Waals surface area contributed by atoms with Crippen LogP contribution in [0.1, 0.15) is 0 Å². The molecule has 0 aliphatic rings. The van der Waals surface area contributed by atoms with Gasteiger partial charge in [0.2, 0.25) is 5.95 Å². The molecular weight excluding hydrogens is 238 g/mol. The van der Waals surface area contributed by atoms with Crippen molar-refractivity contribution in [3.8, 4) is 11.3 Å². The lowest BCUT2D eigenvalue weighted by Crippen LogP contribution is -1.96. The summed E-state index contributed by atoms with van der Waals surface area (Å²) in [6.45, 7) is 0. The van der Waals surface area contributed by atoms with Crippen LogP contribution in [0.4, 0.5) is 11.6 Å². The van der Waals surface area contributed by atoms with Crippen molar-refractivity contribution in [2.45, 2.75) is 0 Å². The average molecular weight is 249 g/mol. The molecule has 0 aliphatic heterocycles. The third kappa shape index (κ3) is 2.71. The van der Waals surface area contributed by atoms with Gasteiger partial charge in [-0.15, -0.1) is 0 Å². The first-order valence-corrected chi connectivity index (χ1v) is 5.82. The molecule has 0 aliphatic carbocycles. The fourth-order valence-corrected chi connectivity index (χ4v) is 1.65. The Labute approximate surface area is 110 Å². The van der Waals surface area contributed by atoms with E-state index in [1.807, 2.05) is 24.3 Å². The van der Waals surface area contributed by atoms with Crippen molar-refractivity contribution in [3.05, 3.63) is 61.3 Å². The molecule has 0 fully saturated rings. The van der Waals surface area contributed by atoms with Gasteiger partial charge in [0.25, 0.3) is 0 Å². The number of hydrogen-bond donors (Lipinski definition) is 1. The largest absolute Gasteiger partial charge is 0.323 e. The summed E-state index contributed by atoms with van der Waals surface area (Å²) in [6.07, 6.45) is 8.64. The van der Waals surface area contributed by atoms with Crippen molar-refractivity contribution < 1.29 is 0 Å². The lowest BCUT2D eigenvalue weighted by atomic mass is 10.2. The van der Waals surface area contributed by atoms with Crippen molar-refractivity contribution in [2.24, 2.45) is 0 Å². The van der Waals surface area contributed by atoms with Crippen LogP contribution in [0, 0.1) is 0 Å². The lowest BCUT2D eigenvalue weighted by molar-refractivity contribution is 1.16. The highest BCUT2D eigenvalue weighted by atomic mass is 15.1. The molecule has 0 saturated carbocycles. The van der Waals surface area contributed by atoms with E-state index in [1.165, 1.54) is 0 Å². The van der Waals surface area contributed by atoms with E-state index >= 15 is 0 Å². The first-order chi connectivity index (χ1) is 9.42. The van der Waals surface area contributed by atoms with Gasteiger partial charge in [-0.25, -0.2) is 9.97 Å². The molecule has 0 bridgehead atoms. The normalized spacial score (nSPS) is 10.1. The molecule has 3 heterocycles. The summed E-state index contributed by atoms with van der Waals surface area (Å²) in [7, 11) is 0. The number of nitrogens with zero attached hydrogens (tertiary/aromatic N) is 4. The Balaban J connectivity index is 1.80. The van der Waals surface area contributed by atoms with Gasteiger partial charge < -0.3 is 5.32 Å². The second-order valence-corrected chi connectivity index (χ2v) is 3.87. The van der Waals surface area contributed by atoms with Crippen molar-refractivity contribution in [1.82, 2.24) is 19.9 Å². The third-order valence-electron chi connectivity index (χ3n) is 2.56. The van der Waals surface area contributed by atoms with Gasteiger partial charge in [-0.3, -0.25) is 9.97 Å². The SMILES string of the molecule is c1cnc(Nc2ccc(-c3ccncc3)nc2)nc1. The summed E-state index contributed by atoms with van der Waals surface area (Å²) in [6, 6.07) is 9.52. The average Bonchev–Trinajstić information content (AvgIpc) is 2.50. The number of hydrogen-bond acceptors (Lipinski definition) is 5. The van der Waals surface area contributed by atoms with Gasteiger partial charge in [-0.05, 0) is 30.3 Å². The maximum Gasteiger partial charge on any atom is 0.227 e. The molecule has 5 heteroatoms. The van der Waals surface area contributed by atoms with Crippen LogP contribution in [0.25, 0.3) is 11.3 Å². The van der Waals surface area contributed by atoms with Gasteiger partial charge in [0, 0.05) is 30.4 Å². The Morgan fingerprint density at radius 1 is 0.789 bits per heavy atom. The first kappa shape index (κ1) is 11.3. The van der Waals surface area contributed by atoms with E-state index in [0.29, 0.717) is 5.95 Å². The number of rotatable bonds is 3. The van der Waals surface area contributed by atoms with Gasteiger partial charge in [-0.1, -0.05) is 0 Å². The molecular formula is C14H11N5. The van der Waals surface area contributed by atoms with Crippen LogP contribution < -0.4 is 5.32 Å². The highest BCUT2D eigenvalue weighted by molar-refractivity contribution is 5.61. The molecule has 0 radical (unpaired) electrons. The van der Waals surface area contributed by atoms with Gasteiger partial charge in [0.15, 0.2) is 0 Å². The van der Waals surface area contributed by atoms with Crippen LogP contribution in [0.5, 0.6) is 0 Å². The standard InChI is InChI=1S/C14H11N5/c1-6-16-14(17-7-1)19-12-2-3-13(18-10-12)11-4-8-15-9-5-11/h1-10H,(H,16,17,19). The fraction of sp³-hybridized carbons (Fsp3) is 0. The quantitative estimate of drug-likeness (QED) is 0.773. The minimum Gasteiger partial charge on any atom is -0.323 e. The zero-order chi connectivity index (χ0) is 12.9. The van der Waals surface area contributed by atoms with E-state index in [-0.39, 0.29) is 0 Å². The molecule has 0 amide bonds. The summed E-state index contributed by atoms with van der Waals surface area (Å²) in [4.78, 5) is 16.6. The molecule has 0 saturated heterocycles. The summed E-state index contributed by atoms with van der Waals surface area (Å²) < 4.78 is 0. The van der Waals surface area contributed by atoms with E-state index in [1.54, 1.807) is 37.1 Å². The first-order valence-electron chi connectivity index (χ1n) is 5.82. The molecule has 0 aromatic carbocycles. The van der Waals surface area contributed by atoms with Crippen LogP contribution in [-0.4, -0.2) is 19.9 Å². The van der Waals surface area contributed by atoms with Crippen LogP contribution in [-0.2, 0) is 0 Å². The zero-order valence-electron chi connectivity index (χ0n) is 10.1.